The second-order valence-corrected chi connectivity index (χ2v) is 4.69. The molecule has 16 heavy (non-hydrogen) atoms. The van der Waals surface area contributed by atoms with E-state index in [0.717, 1.165) is 22.8 Å². The lowest BCUT2D eigenvalue weighted by molar-refractivity contribution is 0.0678. The summed E-state index contributed by atoms with van der Waals surface area (Å²) in [6.07, 6.45) is 5.28. The first-order valence-corrected chi connectivity index (χ1v) is 5.72. The molecule has 1 aliphatic carbocycles. The number of halogens is 1. The minimum Gasteiger partial charge on any atom is -0.475 e. The number of pyridine rings is 1. The van der Waals surface area contributed by atoms with Crippen molar-refractivity contribution in [1.29, 1.82) is 0 Å². The van der Waals surface area contributed by atoms with Crippen LogP contribution in [0.15, 0.2) is 16.9 Å². The minimum absolute atomic E-state index is 0.103. The van der Waals surface area contributed by atoms with Crippen LogP contribution in [0.25, 0.3) is 11.0 Å². The molecule has 0 amide bonds. The molecular formula is C10H8BrN3O2. The van der Waals surface area contributed by atoms with Gasteiger partial charge < -0.3 is 9.67 Å². The summed E-state index contributed by atoms with van der Waals surface area (Å²) in [7, 11) is 0. The average molecular weight is 282 g/mol. The predicted octanol–water partition coefficient (Wildman–Crippen LogP) is 2.23. The molecule has 6 heteroatoms. The van der Waals surface area contributed by atoms with E-state index in [-0.39, 0.29) is 11.9 Å². The Morgan fingerprint density at radius 3 is 2.88 bits per heavy atom. The van der Waals surface area contributed by atoms with E-state index in [4.69, 9.17) is 5.11 Å². The monoisotopic (exact) mass is 281 g/mol. The first kappa shape index (κ1) is 9.77. The number of aromatic nitrogens is 3. The Morgan fingerprint density at radius 2 is 2.25 bits per heavy atom. The molecule has 0 aliphatic heterocycles. The third kappa shape index (κ3) is 1.33. The van der Waals surface area contributed by atoms with Crippen molar-refractivity contribution in [3.05, 3.63) is 22.7 Å². The second-order valence-electron chi connectivity index (χ2n) is 3.83. The highest BCUT2D eigenvalue weighted by atomic mass is 79.9. The van der Waals surface area contributed by atoms with Gasteiger partial charge in [0.05, 0.1) is 16.2 Å². The number of hydrogen-bond acceptors (Lipinski definition) is 3. The van der Waals surface area contributed by atoms with Crippen LogP contribution in [0.3, 0.4) is 0 Å². The lowest BCUT2D eigenvalue weighted by Crippen LogP contribution is -2.08. The quantitative estimate of drug-likeness (QED) is 0.917. The van der Waals surface area contributed by atoms with Crippen LogP contribution in [0.5, 0.6) is 0 Å². The maximum absolute atomic E-state index is 11.1. The van der Waals surface area contributed by atoms with Gasteiger partial charge in [0.1, 0.15) is 5.52 Å². The van der Waals surface area contributed by atoms with Crippen LogP contribution in [0.1, 0.15) is 29.5 Å². The average Bonchev–Trinajstić information content (AvgIpc) is 2.99. The normalized spacial score (nSPS) is 15.6. The molecule has 0 spiro atoms. The molecule has 0 atom stereocenters. The van der Waals surface area contributed by atoms with Crippen molar-refractivity contribution < 1.29 is 9.90 Å². The van der Waals surface area contributed by atoms with Crippen molar-refractivity contribution in [3.63, 3.8) is 0 Å². The molecule has 1 saturated carbocycles. The summed E-state index contributed by atoms with van der Waals surface area (Å²) < 4.78 is 2.58. The molecule has 2 heterocycles. The van der Waals surface area contributed by atoms with Crippen LogP contribution >= 0.6 is 15.9 Å². The zero-order chi connectivity index (χ0) is 11.3. The zero-order valence-corrected chi connectivity index (χ0v) is 9.81. The van der Waals surface area contributed by atoms with Crippen molar-refractivity contribution in [1.82, 2.24) is 14.5 Å². The Hall–Kier alpha value is -1.43. The molecule has 2 aromatic rings. The first-order chi connectivity index (χ1) is 7.68. The Bertz CT molecular complexity index is 589. The standard InChI is InChI=1S/C10H8BrN3O2/c11-6-3-12-4-7-8(6)14(5-1-2-5)9(13-7)10(15)16/h3-5H,1-2H2,(H,15,16). The van der Waals surface area contributed by atoms with Gasteiger partial charge in [-0.15, -0.1) is 0 Å². The molecule has 1 aliphatic rings. The number of carboxylic acid groups (broad SMARTS) is 1. The minimum atomic E-state index is -0.991. The third-order valence-corrected chi connectivity index (χ3v) is 3.23. The number of carbonyl (C=O) groups is 1. The maximum atomic E-state index is 11.1. The van der Waals surface area contributed by atoms with Crippen LogP contribution in [0, 0.1) is 0 Å². The van der Waals surface area contributed by atoms with Gasteiger partial charge in [0.25, 0.3) is 0 Å². The van der Waals surface area contributed by atoms with Crippen LogP contribution in [-0.4, -0.2) is 25.6 Å². The van der Waals surface area contributed by atoms with Gasteiger partial charge in [-0.3, -0.25) is 4.98 Å². The van der Waals surface area contributed by atoms with Gasteiger partial charge in [0.15, 0.2) is 0 Å². The fraction of sp³-hybridized carbons (Fsp3) is 0.300. The number of imidazole rings is 1. The summed E-state index contributed by atoms with van der Waals surface area (Å²) in [5.41, 5.74) is 1.45. The van der Waals surface area contributed by atoms with Crippen molar-refractivity contribution in [2.75, 3.05) is 0 Å². The van der Waals surface area contributed by atoms with Gasteiger partial charge in [-0.1, -0.05) is 0 Å². The largest absolute Gasteiger partial charge is 0.475 e. The van der Waals surface area contributed by atoms with Gasteiger partial charge in [-0.05, 0) is 28.8 Å². The first-order valence-electron chi connectivity index (χ1n) is 4.93. The van der Waals surface area contributed by atoms with Gasteiger partial charge in [-0.25, -0.2) is 9.78 Å². The number of rotatable bonds is 2. The molecule has 5 nitrogen and oxygen atoms in total. The molecule has 2 aromatic heterocycles. The molecular weight excluding hydrogens is 274 g/mol. The molecule has 0 radical (unpaired) electrons. The summed E-state index contributed by atoms with van der Waals surface area (Å²) in [5.74, 6) is -0.888. The molecule has 0 aromatic carbocycles. The smallest absolute Gasteiger partial charge is 0.372 e. The van der Waals surface area contributed by atoms with Gasteiger partial charge in [0, 0.05) is 12.2 Å². The van der Waals surface area contributed by atoms with Crippen molar-refractivity contribution in [2.45, 2.75) is 18.9 Å². The predicted molar refractivity (Wildman–Crippen MR) is 60.5 cm³/mol. The Balaban J connectivity index is 2.38. The van der Waals surface area contributed by atoms with E-state index in [9.17, 15) is 4.79 Å². The van der Waals surface area contributed by atoms with E-state index >= 15 is 0 Å². The molecule has 1 fully saturated rings. The van der Waals surface area contributed by atoms with Crippen LogP contribution in [-0.2, 0) is 0 Å². The van der Waals surface area contributed by atoms with Crippen molar-refractivity contribution in [2.24, 2.45) is 0 Å². The zero-order valence-electron chi connectivity index (χ0n) is 8.22. The van der Waals surface area contributed by atoms with Gasteiger partial charge in [-0.2, -0.15) is 0 Å². The molecule has 1 N–H and O–H groups in total. The summed E-state index contributed by atoms with van der Waals surface area (Å²) in [6.45, 7) is 0. The van der Waals surface area contributed by atoms with Crippen LogP contribution in [0.4, 0.5) is 0 Å². The van der Waals surface area contributed by atoms with E-state index in [1.54, 1.807) is 17.0 Å². The van der Waals surface area contributed by atoms with E-state index in [1.165, 1.54) is 0 Å². The number of nitrogens with zero attached hydrogens (tertiary/aromatic N) is 3. The number of aromatic carboxylic acids is 1. The number of fused-ring (bicyclic) bond motifs is 1. The van der Waals surface area contributed by atoms with E-state index < -0.39 is 5.97 Å². The fourth-order valence-electron chi connectivity index (χ4n) is 1.85. The third-order valence-electron chi connectivity index (χ3n) is 2.65. The fourth-order valence-corrected chi connectivity index (χ4v) is 2.36. The summed E-state index contributed by atoms with van der Waals surface area (Å²) in [4.78, 5) is 19.2. The lowest BCUT2D eigenvalue weighted by Gasteiger charge is -2.04. The topological polar surface area (TPSA) is 68.0 Å². The molecule has 0 bridgehead atoms. The van der Waals surface area contributed by atoms with Crippen LogP contribution < -0.4 is 0 Å². The molecule has 0 saturated heterocycles. The van der Waals surface area contributed by atoms with Gasteiger partial charge >= 0.3 is 5.97 Å². The summed E-state index contributed by atoms with van der Waals surface area (Å²) in [5, 5.41) is 9.12. The summed E-state index contributed by atoms with van der Waals surface area (Å²) >= 11 is 3.39. The van der Waals surface area contributed by atoms with Crippen molar-refractivity contribution in [3.8, 4) is 0 Å². The number of hydrogen-bond donors (Lipinski definition) is 1. The Labute approximate surface area is 99.2 Å². The SMILES string of the molecule is O=C(O)c1nc2cncc(Br)c2n1C1CC1. The number of carboxylic acids is 1. The highest BCUT2D eigenvalue weighted by molar-refractivity contribution is 9.10. The van der Waals surface area contributed by atoms with E-state index in [0.29, 0.717) is 5.52 Å². The van der Waals surface area contributed by atoms with E-state index in [1.807, 2.05) is 0 Å². The molecule has 3 rings (SSSR count). The maximum Gasteiger partial charge on any atom is 0.372 e. The van der Waals surface area contributed by atoms with Crippen LogP contribution in [0.2, 0.25) is 0 Å². The highest BCUT2D eigenvalue weighted by Crippen LogP contribution is 2.40. The molecule has 0 unspecified atom stereocenters. The Kier molecular flexibility index (Phi) is 2.00. The van der Waals surface area contributed by atoms with Gasteiger partial charge in [0.2, 0.25) is 5.82 Å². The lowest BCUT2D eigenvalue weighted by atomic mass is 10.4. The highest BCUT2D eigenvalue weighted by Gasteiger charge is 2.31. The van der Waals surface area contributed by atoms with E-state index in [2.05, 4.69) is 25.9 Å². The summed E-state index contributed by atoms with van der Waals surface area (Å²) in [6, 6.07) is 0.273. The Morgan fingerprint density at radius 1 is 1.50 bits per heavy atom. The van der Waals surface area contributed by atoms with Crippen molar-refractivity contribution >= 4 is 32.9 Å². The molecule has 82 valence electrons. The second kappa shape index (κ2) is 3.28.